The number of hydrogen-bond acceptors (Lipinski definition) is 6. The Balaban J connectivity index is 4.50. The Labute approximate surface area is 487 Å². The van der Waals surface area contributed by atoms with Crippen LogP contribution in [0.4, 0.5) is 0 Å². The third-order valence-corrected chi connectivity index (χ3v) is 13.7. The molecule has 0 bridgehead atoms. The van der Waals surface area contributed by atoms with Crippen LogP contribution in [-0.4, -0.2) is 37.2 Å². The average molecular weight is 1090 g/mol. The van der Waals surface area contributed by atoms with Crippen LogP contribution < -0.4 is 0 Å². The molecule has 448 valence electrons. The van der Waals surface area contributed by atoms with E-state index < -0.39 is 6.10 Å². The summed E-state index contributed by atoms with van der Waals surface area (Å²) < 4.78 is 16.9. The number of esters is 3. The Morgan fingerprint density at radius 3 is 0.785 bits per heavy atom. The zero-order valence-corrected chi connectivity index (χ0v) is 51.3. The monoisotopic (exact) mass is 1090 g/mol. The second-order valence-electron chi connectivity index (χ2n) is 21.3. The van der Waals surface area contributed by atoms with Gasteiger partial charge in [0.1, 0.15) is 13.2 Å². The second-order valence-corrected chi connectivity index (χ2v) is 21.3. The van der Waals surface area contributed by atoms with Gasteiger partial charge in [0.15, 0.2) is 6.10 Å². The smallest absolute Gasteiger partial charge is 0.306 e. The molecule has 0 aliphatic rings. The van der Waals surface area contributed by atoms with Gasteiger partial charge in [0.2, 0.25) is 0 Å². The average Bonchev–Trinajstić information content (AvgIpc) is 3.45. The molecule has 0 saturated carbocycles. The molecule has 0 aromatic rings. The summed E-state index contributed by atoms with van der Waals surface area (Å²) in [6, 6.07) is 0. The summed E-state index contributed by atoms with van der Waals surface area (Å²) in [6.45, 7) is 6.39. The highest BCUT2D eigenvalue weighted by atomic mass is 16.6. The Hall–Kier alpha value is -4.45. The van der Waals surface area contributed by atoms with Gasteiger partial charge in [0.25, 0.3) is 0 Å². The summed E-state index contributed by atoms with van der Waals surface area (Å²) in [5.41, 5.74) is 0. The Morgan fingerprint density at radius 1 is 0.266 bits per heavy atom. The van der Waals surface area contributed by atoms with Crippen molar-refractivity contribution in [1.29, 1.82) is 0 Å². The first kappa shape index (κ1) is 74.5. The first-order valence-corrected chi connectivity index (χ1v) is 32.7. The van der Waals surface area contributed by atoms with Crippen LogP contribution in [0.25, 0.3) is 0 Å². The third kappa shape index (κ3) is 64.3. The van der Waals surface area contributed by atoms with E-state index in [9.17, 15) is 14.4 Å². The van der Waals surface area contributed by atoms with Crippen LogP contribution in [0.5, 0.6) is 0 Å². The fourth-order valence-corrected chi connectivity index (χ4v) is 8.83. The molecule has 0 aliphatic heterocycles. The van der Waals surface area contributed by atoms with E-state index >= 15 is 0 Å². The molecule has 1 unspecified atom stereocenters. The van der Waals surface area contributed by atoms with E-state index in [1.807, 2.05) is 0 Å². The molecule has 0 aliphatic carbocycles. The SMILES string of the molecule is CC/C=C\C/C=C\C/C=C\C/C=C\C/C=C\C/C=C\CCCCCCC(=O)OCC(COC(=O)CCCCCCCCCCCCCCCCCCCCC)OC(=O)CCCCC/C=C\C/C=C\C/C=C\C/C=C\C/C=C\CC. The fourth-order valence-electron chi connectivity index (χ4n) is 8.83. The molecule has 79 heavy (non-hydrogen) atoms. The lowest BCUT2D eigenvalue weighted by atomic mass is 10.0. The standard InChI is InChI=1S/C73H120O6/c1-4-7-10-13-16-19-22-25-28-31-34-35-36-37-40-42-45-48-51-54-57-60-63-66-72(75)78-69-70(79-73(76)67-64-61-58-55-52-49-46-43-39-33-30-27-24-21-18-15-12-9-6-3)68-77-71(74)65-62-59-56-53-50-47-44-41-38-32-29-26-23-20-17-14-11-8-5-2/h7,9-10,12,16,18-19,21,25,27-28,30,34-35,37,39-40,43,45,48-49,52,70H,4-6,8,11,13-15,17,20,22-24,26,29,31-33,36,38,41-42,44,46-47,50-51,53-69H2,1-3H3/b10-7-,12-9-,19-16-,21-18-,28-25-,30-27-,35-34-,40-37-,43-39-,48-45-,52-49-. The quantitative estimate of drug-likeness (QED) is 0.0261. The molecule has 6 heteroatoms. The minimum Gasteiger partial charge on any atom is -0.462 e. The van der Waals surface area contributed by atoms with Crippen molar-refractivity contribution in [3.8, 4) is 0 Å². The van der Waals surface area contributed by atoms with Crippen LogP contribution in [-0.2, 0) is 28.6 Å². The maximum Gasteiger partial charge on any atom is 0.306 e. The van der Waals surface area contributed by atoms with Gasteiger partial charge < -0.3 is 14.2 Å². The summed E-state index contributed by atoms with van der Waals surface area (Å²) in [7, 11) is 0. The highest BCUT2D eigenvalue weighted by Crippen LogP contribution is 2.16. The van der Waals surface area contributed by atoms with Gasteiger partial charge in [-0.05, 0) is 116 Å². The molecule has 6 nitrogen and oxygen atoms in total. The van der Waals surface area contributed by atoms with Crippen LogP contribution in [0.2, 0.25) is 0 Å². The first-order chi connectivity index (χ1) is 39.0. The molecule has 0 heterocycles. The van der Waals surface area contributed by atoms with E-state index in [-0.39, 0.29) is 37.5 Å². The zero-order valence-electron chi connectivity index (χ0n) is 51.3. The summed E-state index contributed by atoms with van der Waals surface area (Å²) >= 11 is 0. The van der Waals surface area contributed by atoms with E-state index in [1.54, 1.807) is 0 Å². The third-order valence-electron chi connectivity index (χ3n) is 13.7. The number of carbonyl (C=O) groups excluding carboxylic acids is 3. The Kier molecular flexibility index (Phi) is 62.3. The van der Waals surface area contributed by atoms with Crippen LogP contribution in [0.3, 0.4) is 0 Å². The van der Waals surface area contributed by atoms with E-state index in [0.717, 1.165) is 148 Å². The lowest BCUT2D eigenvalue weighted by Gasteiger charge is -2.18. The van der Waals surface area contributed by atoms with Gasteiger partial charge in [-0.1, -0.05) is 289 Å². The molecule has 0 rings (SSSR count). The van der Waals surface area contributed by atoms with Gasteiger partial charge >= 0.3 is 17.9 Å². The molecule has 0 aromatic carbocycles. The summed E-state index contributed by atoms with van der Waals surface area (Å²) in [6.07, 6.45) is 93.1. The lowest BCUT2D eigenvalue weighted by Crippen LogP contribution is -2.30. The lowest BCUT2D eigenvalue weighted by molar-refractivity contribution is -0.167. The van der Waals surface area contributed by atoms with E-state index in [1.165, 1.54) is 103 Å². The number of ether oxygens (including phenoxy) is 3. The van der Waals surface area contributed by atoms with E-state index in [2.05, 4.69) is 154 Å². The minimum atomic E-state index is -0.812. The topological polar surface area (TPSA) is 78.9 Å². The van der Waals surface area contributed by atoms with Crippen LogP contribution in [0, 0.1) is 0 Å². The van der Waals surface area contributed by atoms with Crippen LogP contribution >= 0.6 is 0 Å². The van der Waals surface area contributed by atoms with Crippen molar-refractivity contribution in [3.63, 3.8) is 0 Å². The first-order valence-electron chi connectivity index (χ1n) is 32.7. The molecule has 0 fully saturated rings. The Bertz CT molecular complexity index is 1680. The van der Waals surface area contributed by atoms with Crippen molar-refractivity contribution >= 4 is 17.9 Å². The summed E-state index contributed by atoms with van der Waals surface area (Å²) in [5.74, 6) is -0.954. The molecule has 0 radical (unpaired) electrons. The van der Waals surface area contributed by atoms with Crippen molar-refractivity contribution < 1.29 is 28.6 Å². The van der Waals surface area contributed by atoms with Crippen molar-refractivity contribution in [2.24, 2.45) is 0 Å². The maximum atomic E-state index is 12.9. The number of rotatable bonds is 58. The molecular weight excluding hydrogens is 973 g/mol. The number of carbonyl (C=O) groups is 3. The van der Waals surface area contributed by atoms with Crippen molar-refractivity contribution in [1.82, 2.24) is 0 Å². The number of hydrogen-bond donors (Lipinski definition) is 0. The number of unbranched alkanes of at least 4 members (excludes halogenated alkanes) is 25. The summed E-state index contributed by atoms with van der Waals surface area (Å²) in [4.78, 5) is 38.4. The van der Waals surface area contributed by atoms with Crippen LogP contribution in [0.1, 0.15) is 290 Å². The maximum absolute atomic E-state index is 12.9. The van der Waals surface area contributed by atoms with E-state index in [0.29, 0.717) is 12.8 Å². The van der Waals surface area contributed by atoms with Gasteiger partial charge in [-0.15, -0.1) is 0 Å². The number of allylic oxidation sites excluding steroid dienone is 22. The molecule has 1 atom stereocenters. The highest BCUT2D eigenvalue weighted by molar-refractivity contribution is 5.71. The van der Waals surface area contributed by atoms with Crippen molar-refractivity contribution in [2.75, 3.05) is 13.2 Å². The highest BCUT2D eigenvalue weighted by Gasteiger charge is 2.19. The summed E-state index contributed by atoms with van der Waals surface area (Å²) in [5, 5.41) is 0. The Morgan fingerprint density at radius 2 is 0.494 bits per heavy atom. The fraction of sp³-hybridized carbons (Fsp3) is 0.658. The molecular formula is C73H120O6. The molecule has 0 amide bonds. The van der Waals surface area contributed by atoms with Gasteiger partial charge in [-0.3, -0.25) is 14.4 Å². The minimum absolute atomic E-state index is 0.102. The predicted molar refractivity (Wildman–Crippen MR) is 343 cm³/mol. The van der Waals surface area contributed by atoms with E-state index in [4.69, 9.17) is 14.2 Å². The normalized spacial score (nSPS) is 13.0. The largest absolute Gasteiger partial charge is 0.462 e. The molecule has 0 saturated heterocycles. The second kappa shape index (κ2) is 66.1. The predicted octanol–water partition coefficient (Wildman–Crippen LogP) is 22.5. The van der Waals surface area contributed by atoms with Gasteiger partial charge in [-0.25, -0.2) is 0 Å². The molecule has 0 N–H and O–H groups in total. The van der Waals surface area contributed by atoms with Crippen molar-refractivity contribution in [3.05, 3.63) is 134 Å². The van der Waals surface area contributed by atoms with Gasteiger partial charge in [0.05, 0.1) is 0 Å². The van der Waals surface area contributed by atoms with Gasteiger partial charge in [-0.2, -0.15) is 0 Å². The van der Waals surface area contributed by atoms with Gasteiger partial charge in [0, 0.05) is 19.3 Å². The molecule has 0 aromatic heterocycles. The zero-order chi connectivity index (χ0) is 57.1. The van der Waals surface area contributed by atoms with Crippen molar-refractivity contribution in [2.45, 2.75) is 297 Å². The van der Waals surface area contributed by atoms with Crippen LogP contribution in [0.15, 0.2) is 134 Å². The molecule has 0 spiro atoms.